The van der Waals surface area contributed by atoms with Gasteiger partial charge >= 0.3 is 0 Å². The van der Waals surface area contributed by atoms with E-state index in [0.29, 0.717) is 11.1 Å². The van der Waals surface area contributed by atoms with Crippen LogP contribution in [-0.2, 0) is 40.1 Å². The lowest BCUT2D eigenvalue weighted by atomic mass is 9.88. The van der Waals surface area contributed by atoms with Gasteiger partial charge < -0.3 is 28.7 Å². The van der Waals surface area contributed by atoms with Gasteiger partial charge in [-0.25, -0.2) is 0 Å². The van der Waals surface area contributed by atoms with Crippen molar-refractivity contribution in [3.05, 3.63) is 59.7 Å². The highest BCUT2D eigenvalue weighted by Gasteiger charge is 2.62. The SMILES string of the molecule is CN1C(=O)C2(OCC3(CO2)COC2(OC3)C(=O)N(C)c3ccccc32)c2ccccc21. The Morgan fingerprint density at radius 3 is 1.39 bits per heavy atom. The van der Waals surface area contributed by atoms with Crippen LogP contribution < -0.4 is 9.80 Å². The highest BCUT2D eigenvalue weighted by molar-refractivity contribution is 6.06. The van der Waals surface area contributed by atoms with E-state index in [4.69, 9.17) is 18.9 Å². The minimum atomic E-state index is -1.44. The number of nitrogens with zero attached hydrogens (tertiary/aromatic N) is 2. The van der Waals surface area contributed by atoms with Crippen molar-refractivity contribution in [1.82, 2.24) is 0 Å². The van der Waals surface area contributed by atoms with E-state index in [2.05, 4.69) is 0 Å². The molecule has 0 atom stereocenters. The molecule has 3 spiro atoms. The number of amides is 2. The van der Waals surface area contributed by atoms with Crippen molar-refractivity contribution in [1.29, 1.82) is 0 Å². The van der Waals surface area contributed by atoms with Gasteiger partial charge in [-0.3, -0.25) is 9.59 Å². The van der Waals surface area contributed by atoms with Crippen LogP contribution in [0.4, 0.5) is 11.4 Å². The van der Waals surface area contributed by atoms with Crippen LogP contribution in [0.2, 0.25) is 0 Å². The summed E-state index contributed by atoms with van der Waals surface area (Å²) in [6.45, 7) is 0.844. The van der Waals surface area contributed by atoms with Crippen molar-refractivity contribution >= 4 is 23.2 Å². The Hall–Kier alpha value is -2.78. The Morgan fingerprint density at radius 2 is 1.00 bits per heavy atom. The molecule has 4 heterocycles. The lowest BCUT2D eigenvalue weighted by molar-refractivity contribution is -0.353. The maximum Gasteiger partial charge on any atom is 0.292 e. The van der Waals surface area contributed by atoms with Crippen LogP contribution in [0, 0.1) is 5.41 Å². The van der Waals surface area contributed by atoms with Crippen molar-refractivity contribution in [2.45, 2.75) is 11.6 Å². The first-order chi connectivity index (χ1) is 14.9. The molecule has 4 aliphatic heterocycles. The zero-order chi connectivity index (χ0) is 21.4. The molecule has 0 unspecified atom stereocenters. The second-order valence-corrected chi connectivity index (χ2v) is 8.65. The molecule has 0 radical (unpaired) electrons. The molecule has 2 saturated heterocycles. The third kappa shape index (κ3) is 2.28. The summed E-state index contributed by atoms with van der Waals surface area (Å²) in [6, 6.07) is 14.9. The lowest BCUT2D eigenvalue weighted by Crippen LogP contribution is -2.60. The highest BCUT2D eigenvalue weighted by atomic mass is 16.7. The molecule has 2 amide bonds. The maximum atomic E-state index is 13.0. The second-order valence-electron chi connectivity index (χ2n) is 8.65. The number of anilines is 2. The molecule has 8 heteroatoms. The smallest absolute Gasteiger partial charge is 0.292 e. The van der Waals surface area contributed by atoms with Crippen molar-refractivity contribution in [2.75, 3.05) is 50.3 Å². The summed E-state index contributed by atoms with van der Waals surface area (Å²) in [7, 11) is 3.42. The highest BCUT2D eigenvalue weighted by Crippen LogP contribution is 2.51. The Labute approximate surface area is 179 Å². The number of benzene rings is 2. The third-order valence-electron chi connectivity index (χ3n) is 6.74. The Bertz CT molecular complexity index is 1010. The average molecular weight is 422 g/mol. The molecule has 0 saturated carbocycles. The fourth-order valence-electron chi connectivity index (χ4n) is 4.89. The number of hydrogen-bond donors (Lipinski definition) is 0. The van der Waals surface area contributed by atoms with Gasteiger partial charge in [0.2, 0.25) is 0 Å². The summed E-state index contributed by atoms with van der Waals surface area (Å²) in [5.74, 6) is -3.39. The van der Waals surface area contributed by atoms with Crippen LogP contribution in [0.5, 0.6) is 0 Å². The molecule has 0 N–H and O–H groups in total. The fraction of sp³-hybridized carbons (Fsp3) is 0.391. The summed E-state index contributed by atoms with van der Waals surface area (Å²) >= 11 is 0. The van der Waals surface area contributed by atoms with Gasteiger partial charge in [-0.05, 0) is 12.1 Å². The van der Waals surface area contributed by atoms with Gasteiger partial charge in [0, 0.05) is 25.2 Å². The second kappa shape index (κ2) is 6.14. The Balaban J connectivity index is 1.25. The largest absolute Gasteiger partial charge is 0.338 e. The van der Waals surface area contributed by atoms with Gasteiger partial charge in [-0.15, -0.1) is 0 Å². The molecular formula is C23H22N2O6. The Morgan fingerprint density at radius 1 is 0.645 bits per heavy atom. The number of likely N-dealkylation sites (N-methyl/N-ethyl adjacent to an activating group) is 2. The summed E-state index contributed by atoms with van der Waals surface area (Å²) in [4.78, 5) is 29.1. The third-order valence-corrected chi connectivity index (χ3v) is 6.74. The monoisotopic (exact) mass is 422 g/mol. The molecule has 0 bridgehead atoms. The molecule has 2 aromatic rings. The van der Waals surface area contributed by atoms with E-state index in [1.165, 1.54) is 0 Å². The van der Waals surface area contributed by atoms with Crippen LogP contribution in [0.1, 0.15) is 11.1 Å². The van der Waals surface area contributed by atoms with Gasteiger partial charge in [-0.2, -0.15) is 0 Å². The maximum absolute atomic E-state index is 13.0. The van der Waals surface area contributed by atoms with E-state index >= 15 is 0 Å². The van der Waals surface area contributed by atoms with Crippen molar-refractivity contribution in [2.24, 2.45) is 5.41 Å². The van der Waals surface area contributed by atoms with Gasteiger partial charge in [0.25, 0.3) is 23.4 Å². The molecule has 8 nitrogen and oxygen atoms in total. The number of rotatable bonds is 0. The lowest BCUT2D eigenvalue weighted by Gasteiger charge is -2.48. The first-order valence-corrected chi connectivity index (χ1v) is 10.2. The predicted octanol–water partition coefficient (Wildman–Crippen LogP) is 1.73. The van der Waals surface area contributed by atoms with Gasteiger partial charge in [-0.1, -0.05) is 36.4 Å². The molecule has 31 heavy (non-hydrogen) atoms. The van der Waals surface area contributed by atoms with Crippen LogP contribution in [-0.4, -0.2) is 52.3 Å². The minimum absolute atomic E-state index is 0.211. The van der Waals surface area contributed by atoms with E-state index in [1.807, 2.05) is 48.5 Å². The minimum Gasteiger partial charge on any atom is -0.338 e. The summed E-state index contributed by atoms with van der Waals surface area (Å²) in [6.07, 6.45) is 0. The standard InChI is InChI=1S/C23H22N2O6/c1-24-17-9-5-3-7-15(17)22(19(24)26)28-11-21(12-29-22)13-30-23(31-14-21)16-8-4-6-10-18(16)25(2)20(23)27/h3-10H,11-14H2,1-2H3. The number of ether oxygens (including phenoxy) is 4. The normalized spacial score (nSPS) is 34.1. The van der Waals surface area contributed by atoms with Gasteiger partial charge in [0.15, 0.2) is 0 Å². The van der Waals surface area contributed by atoms with Gasteiger partial charge in [0.05, 0.1) is 43.2 Å². The first-order valence-electron chi connectivity index (χ1n) is 10.2. The van der Waals surface area contributed by atoms with Crippen LogP contribution in [0.15, 0.2) is 48.5 Å². The topological polar surface area (TPSA) is 77.5 Å². The van der Waals surface area contributed by atoms with Gasteiger partial charge in [0.1, 0.15) is 0 Å². The number of carbonyl (C=O) groups excluding carboxylic acids is 2. The van der Waals surface area contributed by atoms with Crippen LogP contribution in [0.3, 0.4) is 0 Å². The van der Waals surface area contributed by atoms with Crippen molar-refractivity contribution in [3.63, 3.8) is 0 Å². The zero-order valence-corrected chi connectivity index (χ0v) is 17.3. The quantitative estimate of drug-likeness (QED) is 0.644. The van der Waals surface area contributed by atoms with E-state index in [-0.39, 0.29) is 38.2 Å². The molecule has 4 aliphatic rings. The van der Waals surface area contributed by atoms with E-state index in [0.717, 1.165) is 11.4 Å². The average Bonchev–Trinajstić information content (AvgIpc) is 3.15. The first kappa shape index (κ1) is 18.9. The molecular weight excluding hydrogens is 400 g/mol. The summed E-state index contributed by atoms with van der Waals surface area (Å²) in [5, 5.41) is 0. The summed E-state index contributed by atoms with van der Waals surface area (Å²) in [5.41, 5.74) is 2.34. The van der Waals surface area contributed by atoms with Crippen LogP contribution in [0.25, 0.3) is 0 Å². The molecule has 2 aromatic carbocycles. The molecule has 160 valence electrons. The molecule has 6 rings (SSSR count). The van der Waals surface area contributed by atoms with E-state index in [1.54, 1.807) is 23.9 Å². The fourth-order valence-corrected chi connectivity index (χ4v) is 4.89. The molecule has 0 aromatic heterocycles. The number of hydrogen-bond acceptors (Lipinski definition) is 6. The molecule has 2 fully saturated rings. The van der Waals surface area contributed by atoms with E-state index < -0.39 is 17.0 Å². The zero-order valence-electron chi connectivity index (χ0n) is 17.3. The predicted molar refractivity (Wildman–Crippen MR) is 109 cm³/mol. The number of fused-ring (bicyclic) bond motifs is 4. The number of carbonyl (C=O) groups is 2. The van der Waals surface area contributed by atoms with Crippen LogP contribution >= 0.6 is 0 Å². The van der Waals surface area contributed by atoms with E-state index in [9.17, 15) is 9.59 Å². The number of para-hydroxylation sites is 2. The molecule has 0 aliphatic carbocycles. The summed E-state index contributed by atoms with van der Waals surface area (Å²) < 4.78 is 24.5. The van der Waals surface area contributed by atoms with Crippen molar-refractivity contribution < 1.29 is 28.5 Å². The Kier molecular flexibility index (Phi) is 3.75. The van der Waals surface area contributed by atoms with Crippen molar-refractivity contribution in [3.8, 4) is 0 Å².